The molecule has 1 fully saturated rings. The van der Waals surface area contributed by atoms with Crippen LogP contribution in [0.4, 0.5) is 0 Å². The molecule has 2 rings (SSSR count). The van der Waals surface area contributed by atoms with Gasteiger partial charge >= 0.3 is 0 Å². The molecule has 1 aromatic heterocycles. The topological polar surface area (TPSA) is 52.2 Å². The van der Waals surface area contributed by atoms with Crippen LogP contribution in [0.3, 0.4) is 0 Å². The van der Waals surface area contributed by atoms with Crippen molar-refractivity contribution in [1.82, 2.24) is 20.0 Å². The maximum absolute atomic E-state index is 12.1. The Morgan fingerprint density at radius 2 is 2.12 bits per heavy atom. The van der Waals surface area contributed by atoms with Crippen LogP contribution in [0.2, 0.25) is 0 Å². The van der Waals surface area contributed by atoms with Gasteiger partial charge in [0.1, 0.15) is 5.69 Å². The number of aromatic amines is 1. The van der Waals surface area contributed by atoms with Gasteiger partial charge in [-0.05, 0) is 19.0 Å². The number of nitrogens with zero attached hydrogens (tertiary/aromatic N) is 3. The van der Waals surface area contributed by atoms with Gasteiger partial charge in [-0.3, -0.25) is 9.89 Å². The number of nitrogens with one attached hydrogen (secondary N) is 1. The van der Waals surface area contributed by atoms with Crippen LogP contribution in [-0.2, 0) is 0 Å². The maximum atomic E-state index is 12.1. The highest BCUT2D eigenvalue weighted by Gasteiger charge is 2.23. The predicted octanol–water partition coefficient (Wildman–Crippen LogP) is 0.496. The van der Waals surface area contributed by atoms with E-state index in [0.29, 0.717) is 5.69 Å². The van der Waals surface area contributed by atoms with Crippen LogP contribution in [0.1, 0.15) is 23.0 Å². The van der Waals surface area contributed by atoms with Crippen LogP contribution in [0, 0.1) is 6.92 Å². The summed E-state index contributed by atoms with van der Waals surface area (Å²) >= 11 is 0. The molecule has 1 aliphatic heterocycles. The molecule has 1 amide bonds. The first-order valence-electron chi connectivity index (χ1n) is 5.74. The molecule has 1 saturated heterocycles. The highest BCUT2D eigenvalue weighted by molar-refractivity contribution is 5.93. The normalized spacial score (nSPS) is 17.8. The van der Waals surface area contributed by atoms with Crippen LogP contribution < -0.4 is 0 Å². The average Bonchev–Trinajstić information content (AvgIpc) is 2.75. The summed E-state index contributed by atoms with van der Waals surface area (Å²) in [4.78, 5) is 16.4. The molecule has 0 spiro atoms. The summed E-state index contributed by atoms with van der Waals surface area (Å²) < 4.78 is 0. The van der Waals surface area contributed by atoms with Gasteiger partial charge in [0.25, 0.3) is 5.91 Å². The zero-order chi connectivity index (χ0) is 11.5. The summed E-state index contributed by atoms with van der Waals surface area (Å²) in [6.07, 6.45) is 1.69. The van der Waals surface area contributed by atoms with Crippen LogP contribution >= 0.6 is 0 Å². The van der Waals surface area contributed by atoms with E-state index in [1.165, 1.54) is 0 Å². The number of aromatic nitrogens is 2. The summed E-state index contributed by atoms with van der Waals surface area (Å²) in [5.74, 6) is 0.0748. The smallest absolute Gasteiger partial charge is 0.272 e. The van der Waals surface area contributed by atoms with Crippen molar-refractivity contribution in [3.05, 3.63) is 17.5 Å². The Labute approximate surface area is 95.4 Å². The lowest BCUT2D eigenvalue weighted by molar-refractivity contribution is 0.0637. The third-order valence-corrected chi connectivity index (χ3v) is 3.15. The molecule has 0 radical (unpaired) electrons. The number of aryl methyl sites for hydroxylation is 1. The fourth-order valence-corrected chi connectivity index (χ4v) is 1.99. The summed E-state index contributed by atoms with van der Waals surface area (Å²) in [5.41, 5.74) is 1.55. The molecule has 5 nitrogen and oxygen atoms in total. The van der Waals surface area contributed by atoms with E-state index in [-0.39, 0.29) is 5.91 Å². The van der Waals surface area contributed by atoms with Crippen molar-refractivity contribution in [2.45, 2.75) is 13.8 Å². The fourth-order valence-electron chi connectivity index (χ4n) is 1.99. The van der Waals surface area contributed by atoms with Gasteiger partial charge in [-0.25, -0.2) is 0 Å². The number of hydrogen-bond acceptors (Lipinski definition) is 3. The monoisotopic (exact) mass is 222 g/mol. The molecule has 1 N–H and O–H groups in total. The number of hydrogen-bond donors (Lipinski definition) is 1. The standard InChI is InChI=1S/C11H18N4O/c1-3-14-4-6-15(7-5-14)11(16)10-9(2)8-12-13-10/h8H,3-7H2,1-2H3,(H,12,13). The van der Waals surface area contributed by atoms with Gasteiger partial charge in [-0.2, -0.15) is 5.10 Å². The molecule has 0 atom stereocenters. The highest BCUT2D eigenvalue weighted by Crippen LogP contribution is 2.09. The molecular weight excluding hydrogens is 204 g/mol. The van der Waals surface area contributed by atoms with Crippen molar-refractivity contribution >= 4 is 5.91 Å². The molecule has 2 heterocycles. The lowest BCUT2D eigenvalue weighted by Crippen LogP contribution is -2.48. The van der Waals surface area contributed by atoms with Crippen molar-refractivity contribution < 1.29 is 4.79 Å². The van der Waals surface area contributed by atoms with E-state index in [1.807, 2.05) is 11.8 Å². The number of likely N-dealkylation sites (N-methyl/N-ethyl adjacent to an activating group) is 1. The van der Waals surface area contributed by atoms with E-state index in [2.05, 4.69) is 22.0 Å². The molecular formula is C11H18N4O. The second kappa shape index (κ2) is 4.65. The summed E-state index contributed by atoms with van der Waals surface area (Å²) in [5, 5.41) is 6.66. The molecule has 88 valence electrons. The molecule has 1 aromatic rings. The number of carbonyl (C=O) groups is 1. The molecule has 0 unspecified atom stereocenters. The molecule has 0 saturated carbocycles. The van der Waals surface area contributed by atoms with Crippen LogP contribution in [0.25, 0.3) is 0 Å². The SMILES string of the molecule is CCN1CCN(C(=O)c2[nH]ncc2C)CC1. The summed E-state index contributed by atoms with van der Waals surface area (Å²) in [6, 6.07) is 0. The zero-order valence-corrected chi connectivity index (χ0v) is 9.86. The Morgan fingerprint density at radius 3 is 2.62 bits per heavy atom. The number of piperazine rings is 1. The third kappa shape index (κ3) is 2.09. The van der Waals surface area contributed by atoms with Crippen molar-refractivity contribution in [2.24, 2.45) is 0 Å². The predicted molar refractivity (Wildman–Crippen MR) is 61.3 cm³/mol. The maximum Gasteiger partial charge on any atom is 0.272 e. The van der Waals surface area contributed by atoms with E-state index in [4.69, 9.17) is 0 Å². The van der Waals surface area contributed by atoms with Gasteiger partial charge in [-0.1, -0.05) is 6.92 Å². The number of amides is 1. The van der Waals surface area contributed by atoms with Crippen LogP contribution in [-0.4, -0.2) is 58.6 Å². The van der Waals surface area contributed by atoms with E-state index in [1.54, 1.807) is 6.20 Å². The third-order valence-electron chi connectivity index (χ3n) is 3.15. The van der Waals surface area contributed by atoms with Crippen molar-refractivity contribution in [1.29, 1.82) is 0 Å². The number of rotatable bonds is 2. The minimum atomic E-state index is 0.0748. The van der Waals surface area contributed by atoms with Gasteiger partial charge < -0.3 is 9.80 Å². The minimum absolute atomic E-state index is 0.0748. The molecule has 16 heavy (non-hydrogen) atoms. The van der Waals surface area contributed by atoms with Crippen LogP contribution in [0.5, 0.6) is 0 Å². The largest absolute Gasteiger partial charge is 0.335 e. The second-order valence-corrected chi connectivity index (χ2v) is 4.15. The quantitative estimate of drug-likeness (QED) is 0.792. The van der Waals surface area contributed by atoms with Crippen molar-refractivity contribution in [3.63, 3.8) is 0 Å². The van der Waals surface area contributed by atoms with Gasteiger partial charge in [0, 0.05) is 26.2 Å². The molecule has 0 aliphatic carbocycles. The van der Waals surface area contributed by atoms with E-state index in [9.17, 15) is 4.79 Å². The lowest BCUT2D eigenvalue weighted by atomic mass is 10.2. The Bertz CT molecular complexity index is 366. The van der Waals surface area contributed by atoms with E-state index < -0.39 is 0 Å². The highest BCUT2D eigenvalue weighted by atomic mass is 16.2. The first kappa shape index (κ1) is 11.1. The van der Waals surface area contributed by atoms with Crippen molar-refractivity contribution in [2.75, 3.05) is 32.7 Å². The average molecular weight is 222 g/mol. The van der Waals surface area contributed by atoms with Gasteiger partial charge in [-0.15, -0.1) is 0 Å². The zero-order valence-electron chi connectivity index (χ0n) is 9.86. The number of H-pyrrole nitrogens is 1. The lowest BCUT2D eigenvalue weighted by Gasteiger charge is -2.33. The Hall–Kier alpha value is -1.36. The molecule has 5 heteroatoms. The Kier molecular flexibility index (Phi) is 3.24. The van der Waals surface area contributed by atoms with Gasteiger partial charge in [0.15, 0.2) is 0 Å². The van der Waals surface area contributed by atoms with Gasteiger partial charge in [0.2, 0.25) is 0 Å². The fraction of sp³-hybridized carbons (Fsp3) is 0.636. The van der Waals surface area contributed by atoms with Crippen LogP contribution in [0.15, 0.2) is 6.20 Å². The van der Waals surface area contributed by atoms with E-state index >= 15 is 0 Å². The van der Waals surface area contributed by atoms with Crippen molar-refractivity contribution in [3.8, 4) is 0 Å². The molecule has 0 aromatic carbocycles. The van der Waals surface area contributed by atoms with Gasteiger partial charge in [0.05, 0.1) is 6.20 Å². The Balaban J connectivity index is 2.00. The summed E-state index contributed by atoms with van der Waals surface area (Å²) in [6.45, 7) is 8.67. The summed E-state index contributed by atoms with van der Waals surface area (Å²) in [7, 11) is 0. The molecule has 1 aliphatic rings. The first-order chi connectivity index (χ1) is 7.72. The molecule has 0 bridgehead atoms. The second-order valence-electron chi connectivity index (χ2n) is 4.15. The minimum Gasteiger partial charge on any atom is -0.335 e. The number of carbonyl (C=O) groups excluding carboxylic acids is 1. The van der Waals surface area contributed by atoms with E-state index in [0.717, 1.165) is 38.3 Å². The Morgan fingerprint density at radius 1 is 1.44 bits per heavy atom. The first-order valence-corrected chi connectivity index (χ1v) is 5.74.